The lowest BCUT2D eigenvalue weighted by atomic mass is 10.3. The zero-order valence-corrected chi connectivity index (χ0v) is 10.1. The highest BCUT2D eigenvalue weighted by molar-refractivity contribution is 7.10. The predicted molar refractivity (Wildman–Crippen MR) is 62.4 cm³/mol. The van der Waals surface area contributed by atoms with Gasteiger partial charge in [-0.15, -0.1) is 11.3 Å². The highest BCUT2D eigenvalue weighted by Gasteiger charge is 2.26. The number of hydrogen-bond acceptors (Lipinski definition) is 4. The van der Waals surface area contributed by atoms with Crippen molar-refractivity contribution in [1.29, 1.82) is 0 Å². The van der Waals surface area contributed by atoms with Gasteiger partial charge in [-0.1, -0.05) is 0 Å². The molecule has 4 nitrogen and oxygen atoms in total. The summed E-state index contributed by atoms with van der Waals surface area (Å²) in [6, 6.07) is 1.72. The van der Waals surface area contributed by atoms with E-state index in [1.807, 2.05) is 0 Å². The van der Waals surface area contributed by atoms with E-state index in [1.54, 1.807) is 11.4 Å². The summed E-state index contributed by atoms with van der Waals surface area (Å²) in [5.41, 5.74) is 0.627. The maximum Gasteiger partial charge on any atom is 0.282 e. The van der Waals surface area contributed by atoms with E-state index < -0.39 is 19.1 Å². The van der Waals surface area contributed by atoms with E-state index in [9.17, 15) is 13.6 Å². The van der Waals surface area contributed by atoms with Crippen LogP contribution in [-0.4, -0.2) is 30.1 Å². The molecule has 0 aliphatic carbocycles. The summed E-state index contributed by atoms with van der Waals surface area (Å²) in [5, 5.41) is 15.3. The van der Waals surface area contributed by atoms with Gasteiger partial charge in [0.25, 0.3) is 5.92 Å². The average Bonchev–Trinajstić information content (AvgIpc) is 2.65. The second-order valence-electron chi connectivity index (χ2n) is 3.56. The SMILES string of the molecule is CC(=O)Nc1ccsc1CNCC(F)(F)CO. The number of carbonyl (C=O) groups excluding carboxylic acids is 1. The van der Waals surface area contributed by atoms with Gasteiger partial charge in [0.05, 0.1) is 12.2 Å². The Balaban J connectivity index is 2.47. The van der Waals surface area contributed by atoms with Crippen LogP contribution in [0.5, 0.6) is 0 Å². The summed E-state index contributed by atoms with van der Waals surface area (Å²) in [6.07, 6.45) is 0. The molecule has 0 saturated heterocycles. The van der Waals surface area contributed by atoms with Gasteiger partial charge in [-0.2, -0.15) is 0 Å². The van der Waals surface area contributed by atoms with Crippen molar-refractivity contribution in [1.82, 2.24) is 5.32 Å². The molecule has 1 amide bonds. The Morgan fingerprint density at radius 1 is 1.59 bits per heavy atom. The van der Waals surface area contributed by atoms with E-state index in [4.69, 9.17) is 5.11 Å². The number of nitrogens with one attached hydrogen (secondary N) is 2. The van der Waals surface area contributed by atoms with Gasteiger partial charge in [-0.25, -0.2) is 8.78 Å². The zero-order chi connectivity index (χ0) is 12.9. The molecule has 0 radical (unpaired) electrons. The van der Waals surface area contributed by atoms with Crippen LogP contribution >= 0.6 is 11.3 Å². The molecular formula is C10H14F2N2O2S. The number of rotatable bonds is 6. The van der Waals surface area contributed by atoms with Crippen molar-refractivity contribution in [2.24, 2.45) is 0 Å². The summed E-state index contributed by atoms with van der Waals surface area (Å²) in [5.74, 6) is -3.32. The normalized spacial score (nSPS) is 11.5. The van der Waals surface area contributed by atoms with Crippen molar-refractivity contribution in [3.05, 3.63) is 16.3 Å². The van der Waals surface area contributed by atoms with E-state index >= 15 is 0 Å². The molecule has 96 valence electrons. The summed E-state index contributed by atoms with van der Waals surface area (Å²) >= 11 is 1.37. The van der Waals surface area contributed by atoms with Crippen molar-refractivity contribution >= 4 is 22.9 Å². The topological polar surface area (TPSA) is 61.4 Å². The average molecular weight is 264 g/mol. The molecule has 0 aromatic carbocycles. The van der Waals surface area contributed by atoms with Crippen LogP contribution in [0.1, 0.15) is 11.8 Å². The van der Waals surface area contributed by atoms with Crippen molar-refractivity contribution in [2.45, 2.75) is 19.4 Å². The summed E-state index contributed by atoms with van der Waals surface area (Å²) in [4.78, 5) is 11.6. The molecule has 0 fully saturated rings. The van der Waals surface area contributed by atoms with Gasteiger partial charge < -0.3 is 15.7 Å². The fraction of sp³-hybridized carbons (Fsp3) is 0.500. The Morgan fingerprint density at radius 3 is 2.88 bits per heavy atom. The van der Waals surface area contributed by atoms with Crippen LogP contribution in [0.15, 0.2) is 11.4 Å². The van der Waals surface area contributed by atoms with E-state index in [2.05, 4.69) is 10.6 Å². The highest BCUT2D eigenvalue weighted by atomic mass is 32.1. The number of halogens is 2. The first kappa shape index (κ1) is 14.0. The molecule has 0 aliphatic heterocycles. The molecule has 0 spiro atoms. The number of thiophene rings is 1. The maximum atomic E-state index is 12.7. The standard InChI is InChI=1S/C10H14F2N2O2S/c1-7(16)14-8-2-3-17-9(8)4-13-5-10(11,12)6-15/h2-3,13,15H,4-6H2,1H3,(H,14,16). The van der Waals surface area contributed by atoms with Crippen LogP contribution in [-0.2, 0) is 11.3 Å². The molecule has 0 aliphatic rings. The number of aliphatic hydroxyl groups excluding tert-OH is 1. The molecule has 0 bridgehead atoms. The quantitative estimate of drug-likeness (QED) is 0.728. The first-order valence-electron chi connectivity index (χ1n) is 4.98. The minimum Gasteiger partial charge on any atom is -0.390 e. The third kappa shape index (κ3) is 4.76. The third-order valence-electron chi connectivity index (χ3n) is 1.96. The summed E-state index contributed by atoms with van der Waals surface area (Å²) in [7, 11) is 0. The van der Waals surface area contributed by atoms with Crippen LogP contribution in [0.2, 0.25) is 0 Å². The first-order valence-corrected chi connectivity index (χ1v) is 5.86. The summed E-state index contributed by atoms with van der Waals surface area (Å²) < 4.78 is 25.4. The number of hydrogen-bond donors (Lipinski definition) is 3. The highest BCUT2D eigenvalue weighted by Crippen LogP contribution is 2.22. The van der Waals surface area contributed by atoms with Gasteiger partial charge in [0.15, 0.2) is 0 Å². The van der Waals surface area contributed by atoms with Crippen molar-refractivity contribution in [2.75, 3.05) is 18.5 Å². The fourth-order valence-electron chi connectivity index (χ4n) is 1.19. The molecule has 1 aromatic heterocycles. The van der Waals surface area contributed by atoms with Crippen LogP contribution < -0.4 is 10.6 Å². The first-order chi connectivity index (χ1) is 7.94. The molecular weight excluding hydrogens is 250 g/mol. The molecule has 0 atom stereocenters. The molecule has 0 unspecified atom stereocenters. The number of alkyl halides is 2. The maximum absolute atomic E-state index is 12.7. The molecule has 1 aromatic rings. The van der Waals surface area contributed by atoms with Crippen molar-refractivity contribution in [3.8, 4) is 0 Å². The second kappa shape index (κ2) is 6.04. The lowest BCUT2D eigenvalue weighted by Gasteiger charge is -2.13. The molecule has 1 rings (SSSR count). The Hall–Kier alpha value is -1.05. The number of anilines is 1. The number of carbonyl (C=O) groups is 1. The lowest BCUT2D eigenvalue weighted by molar-refractivity contribution is -0.114. The summed E-state index contributed by atoms with van der Waals surface area (Å²) in [6.45, 7) is -0.165. The lowest BCUT2D eigenvalue weighted by Crippen LogP contribution is -2.35. The Morgan fingerprint density at radius 2 is 2.29 bits per heavy atom. The Labute approximate surface area is 102 Å². The van der Waals surface area contributed by atoms with Gasteiger partial charge in [-0.05, 0) is 11.4 Å². The number of aliphatic hydroxyl groups is 1. The van der Waals surface area contributed by atoms with Crippen molar-refractivity contribution in [3.63, 3.8) is 0 Å². The van der Waals surface area contributed by atoms with Crippen LogP contribution in [0, 0.1) is 0 Å². The van der Waals surface area contributed by atoms with Gasteiger partial charge in [-0.3, -0.25) is 4.79 Å². The largest absolute Gasteiger partial charge is 0.390 e. The third-order valence-corrected chi connectivity index (χ3v) is 2.88. The second-order valence-corrected chi connectivity index (χ2v) is 4.56. The smallest absolute Gasteiger partial charge is 0.282 e. The zero-order valence-electron chi connectivity index (χ0n) is 9.30. The minimum absolute atomic E-state index is 0.203. The molecule has 1 heterocycles. The Kier molecular flexibility index (Phi) is 4.98. The van der Waals surface area contributed by atoms with Crippen LogP contribution in [0.25, 0.3) is 0 Å². The van der Waals surface area contributed by atoms with Gasteiger partial charge in [0.1, 0.15) is 6.61 Å². The van der Waals surface area contributed by atoms with Crippen LogP contribution in [0.4, 0.5) is 14.5 Å². The predicted octanol–water partition coefficient (Wildman–Crippen LogP) is 1.42. The van der Waals surface area contributed by atoms with E-state index in [1.165, 1.54) is 18.3 Å². The molecule has 0 saturated carbocycles. The van der Waals surface area contributed by atoms with Gasteiger partial charge in [0, 0.05) is 18.3 Å². The molecule has 17 heavy (non-hydrogen) atoms. The van der Waals surface area contributed by atoms with E-state index in [-0.39, 0.29) is 12.5 Å². The molecule has 7 heteroatoms. The van der Waals surface area contributed by atoms with E-state index in [0.29, 0.717) is 5.69 Å². The Bertz CT molecular complexity index is 382. The monoisotopic (exact) mass is 264 g/mol. The minimum atomic E-state index is -3.12. The van der Waals surface area contributed by atoms with Gasteiger partial charge >= 0.3 is 0 Å². The van der Waals surface area contributed by atoms with Crippen LogP contribution in [0.3, 0.4) is 0 Å². The number of amides is 1. The van der Waals surface area contributed by atoms with Crippen molar-refractivity contribution < 1.29 is 18.7 Å². The molecule has 3 N–H and O–H groups in total. The van der Waals surface area contributed by atoms with Gasteiger partial charge in [0.2, 0.25) is 5.91 Å². The fourth-order valence-corrected chi connectivity index (χ4v) is 1.99. The van der Waals surface area contributed by atoms with E-state index in [0.717, 1.165) is 4.88 Å².